The summed E-state index contributed by atoms with van der Waals surface area (Å²) in [4.78, 5) is 2.45. The van der Waals surface area contributed by atoms with E-state index in [2.05, 4.69) is 30.1 Å². The number of piperazine rings is 1. The fraction of sp³-hybridized carbons (Fsp3) is 0.600. The van der Waals surface area contributed by atoms with Crippen molar-refractivity contribution >= 4 is 0 Å². The van der Waals surface area contributed by atoms with Gasteiger partial charge in [-0.1, -0.05) is 0 Å². The van der Waals surface area contributed by atoms with Crippen LogP contribution in [0.15, 0.2) is 12.1 Å². The molecule has 0 atom stereocenters. The highest BCUT2D eigenvalue weighted by molar-refractivity contribution is 5.55. The van der Waals surface area contributed by atoms with E-state index in [1.54, 1.807) is 7.11 Å². The first-order valence-electron chi connectivity index (χ1n) is 7.01. The van der Waals surface area contributed by atoms with E-state index < -0.39 is 0 Å². The summed E-state index contributed by atoms with van der Waals surface area (Å²) in [6, 6.07) is 4.10. The zero-order valence-electron chi connectivity index (χ0n) is 12.4. The van der Waals surface area contributed by atoms with Crippen molar-refractivity contribution in [3.63, 3.8) is 0 Å². The van der Waals surface area contributed by atoms with E-state index in [4.69, 9.17) is 14.2 Å². The van der Waals surface area contributed by atoms with Crippen LogP contribution < -0.4 is 19.5 Å². The molecule has 0 amide bonds. The van der Waals surface area contributed by atoms with Crippen LogP contribution in [0.3, 0.4) is 0 Å². The van der Waals surface area contributed by atoms with Crippen LogP contribution in [-0.4, -0.2) is 44.0 Å². The molecule has 20 heavy (non-hydrogen) atoms. The van der Waals surface area contributed by atoms with Crippen LogP contribution in [0.25, 0.3) is 0 Å². The topological polar surface area (TPSA) is 43.0 Å². The van der Waals surface area contributed by atoms with Crippen molar-refractivity contribution in [3.8, 4) is 17.2 Å². The molecule has 0 spiro atoms. The van der Waals surface area contributed by atoms with Gasteiger partial charge in [0.15, 0.2) is 11.5 Å². The summed E-state index contributed by atoms with van der Waals surface area (Å²) in [7, 11) is 1.66. The molecule has 1 N–H and O–H groups in total. The number of hydrogen-bond donors (Lipinski definition) is 1. The lowest BCUT2D eigenvalue weighted by molar-refractivity contribution is 0.148. The molecule has 5 nitrogen and oxygen atoms in total. The third kappa shape index (κ3) is 2.69. The SMILES string of the molecule is COc1cc(CN2CCNC(C)(C)C2)cc2c1OCO2. The molecule has 1 saturated heterocycles. The van der Waals surface area contributed by atoms with Crippen LogP contribution in [-0.2, 0) is 6.54 Å². The summed E-state index contributed by atoms with van der Waals surface area (Å²) >= 11 is 0. The largest absolute Gasteiger partial charge is 0.493 e. The molecular weight excluding hydrogens is 256 g/mol. The Labute approximate surface area is 119 Å². The molecule has 3 rings (SSSR count). The molecule has 2 heterocycles. The maximum atomic E-state index is 5.48. The molecule has 0 aromatic heterocycles. The number of nitrogens with zero attached hydrogens (tertiary/aromatic N) is 1. The Bertz CT molecular complexity index is 502. The zero-order chi connectivity index (χ0) is 14.2. The Balaban J connectivity index is 1.78. The van der Waals surface area contributed by atoms with Gasteiger partial charge in [0.2, 0.25) is 12.5 Å². The lowest BCUT2D eigenvalue weighted by Crippen LogP contribution is -2.56. The Morgan fingerprint density at radius 2 is 2.20 bits per heavy atom. The lowest BCUT2D eigenvalue weighted by Gasteiger charge is -2.39. The summed E-state index contributed by atoms with van der Waals surface area (Å²) in [5.74, 6) is 2.26. The van der Waals surface area contributed by atoms with Gasteiger partial charge in [0, 0.05) is 31.7 Å². The van der Waals surface area contributed by atoms with Crippen molar-refractivity contribution in [2.45, 2.75) is 25.9 Å². The van der Waals surface area contributed by atoms with Crippen molar-refractivity contribution in [3.05, 3.63) is 17.7 Å². The van der Waals surface area contributed by atoms with E-state index in [0.717, 1.165) is 43.4 Å². The smallest absolute Gasteiger partial charge is 0.231 e. The van der Waals surface area contributed by atoms with Gasteiger partial charge in [-0.15, -0.1) is 0 Å². The van der Waals surface area contributed by atoms with Gasteiger partial charge >= 0.3 is 0 Å². The minimum atomic E-state index is 0.165. The van der Waals surface area contributed by atoms with Gasteiger partial charge in [-0.2, -0.15) is 0 Å². The molecule has 1 aromatic rings. The van der Waals surface area contributed by atoms with Gasteiger partial charge in [0.25, 0.3) is 0 Å². The summed E-state index contributed by atoms with van der Waals surface area (Å²) < 4.78 is 16.3. The molecule has 5 heteroatoms. The molecule has 0 aliphatic carbocycles. The first kappa shape index (κ1) is 13.5. The predicted molar refractivity (Wildman–Crippen MR) is 76.5 cm³/mol. The minimum absolute atomic E-state index is 0.165. The molecule has 0 saturated carbocycles. The zero-order valence-corrected chi connectivity index (χ0v) is 12.4. The van der Waals surface area contributed by atoms with Crippen molar-refractivity contribution < 1.29 is 14.2 Å². The molecule has 0 unspecified atom stereocenters. The highest BCUT2D eigenvalue weighted by Crippen LogP contribution is 2.42. The Hall–Kier alpha value is -1.46. The van der Waals surface area contributed by atoms with Crippen LogP contribution in [0.1, 0.15) is 19.4 Å². The molecular formula is C15H22N2O3. The molecule has 2 aliphatic rings. The second-order valence-electron chi connectivity index (χ2n) is 6.05. The monoisotopic (exact) mass is 278 g/mol. The third-order valence-corrected chi connectivity index (χ3v) is 3.77. The van der Waals surface area contributed by atoms with Crippen LogP contribution in [0, 0.1) is 0 Å². The van der Waals surface area contributed by atoms with Gasteiger partial charge in [-0.3, -0.25) is 4.90 Å². The van der Waals surface area contributed by atoms with E-state index in [9.17, 15) is 0 Å². The number of methoxy groups -OCH3 is 1. The summed E-state index contributed by atoms with van der Waals surface area (Å²) in [5, 5.41) is 3.53. The summed E-state index contributed by atoms with van der Waals surface area (Å²) in [5.41, 5.74) is 1.36. The maximum Gasteiger partial charge on any atom is 0.231 e. The fourth-order valence-corrected chi connectivity index (χ4v) is 2.91. The molecule has 2 aliphatic heterocycles. The first-order chi connectivity index (χ1) is 9.57. The normalized spacial score (nSPS) is 20.9. The second-order valence-corrected chi connectivity index (χ2v) is 6.05. The molecule has 1 aromatic carbocycles. The van der Waals surface area contributed by atoms with Crippen molar-refractivity contribution in [1.29, 1.82) is 0 Å². The van der Waals surface area contributed by atoms with Gasteiger partial charge in [0.05, 0.1) is 7.11 Å². The number of ether oxygens (including phenoxy) is 3. The van der Waals surface area contributed by atoms with Crippen molar-refractivity contribution in [2.75, 3.05) is 33.5 Å². The quantitative estimate of drug-likeness (QED) is 0.910. The number of rotatable bonds is 3. The van der Waals surface area contributed by atoms with Gasteiger partial charge in [-0.05, 0) is 31.5 Å². The molecule has 1 fully saturated rings. The summed E-state index contributed by atoms with van der Waals surface area (Å²) in [6.07, 6.45) is 0. The van der Waals surface area contributed by atoms with Crippen LogP contribution in [0.4, 0.5) is 0 Å². The lowest BCUT2D eigenvalue weighted by atomic mass is 10.0. The third-order valence-electron chi connectivity index (χ3n) is 3.77. The Morgan fingerprint density at radius 1 is 1.35 bits per heavy atom. The average molecular weight is 278 g/mol. The standard InChI is InChI=1S/C15H22N2O3/c1-15(2)9-17(5-4-16-15)8-11-6-12(18-3)14-13(7-11)19-10-20-14/h6-7,16H,4-5,8-10H2,1-3H3. The number of fused-ring (bicyclic) bond motifs is 1. The van der Waals surface area contributed by atoms with Crippen molar-refractivity contribution in [2.24, 2.45) is 0 Å². The molecule has 0 bridgehead atoms. The Morgan fingerprint density at radius 3 is 2.95 bits per heavy atom. The van der Waals surface area contributed by atoms with Gasteiger partial charge < -0.3 is 19.5 Å². The van der Waals surface area contributed by atoms with E-state index >= 15 is 0 Å². The van der Waals surface area contributed by atoms with E-state index in [-0.39, 0.29) is 12.3 Å². The highest BCUT2D eigenvalue weighted by Gasteiger charge is 2.26. The second kappa shape index (κ2) is 5.14. The molecule has 110 valence electrons. The van der Waals surface area contributed by atoms with Crippen LogP contribution >= 0.6 is 0 Å². The fourth-order valence-electron chi connectivity index (χ4n) is 2.91. The van der Waals surface area contributed by atoms with Crippen LogP contribution in [0.5, 0.6) is 17.2 Å². The first-order valence-corrected chi connectivity index (χ1v) is 7.01. The van der Waals surface area contributed by atoms with Gasteiger partial charge in [0.1, 0.15) is 0 Å². The summed E-state index contributed by atoms with van der Waals surface area (Å²) in [6.45, 7) is 8.76. The van der Waals surface area contributed by atoms with E-state index in [1.165, 1.54) is 5.56 Å². The van der Waals surface area contributed by atoms with E-state index in [1.807, 2.05) is 6.07 Å². The maximum absolute atomic E-state index is 5.48. The minimum Gasteiger partial charge on any atom is -0.493 e. The predicted octanol–water partition coefficient (Wildman–Crippen LogP) is 1.61. The highest BCUT2D eigenvalue weighted by atomic mass is 16.7. The Kier molecular flexibility index (Phi) is 3.48. The van der Waals surface area contributed by atoms with Gasteiger partial charge in [-0.25, -0.2) is 0 Å². The van der Waals surface area contributed by atoms with Crippen LogP contribution in [0.2, 0.25) is 0 Å². The van der Waals surface area contributed by atoms with E-state index in [0.29, 0.717) is 0 Å². The van der Waals surface area contributed by atoms with Crippen molar-refractivity contribution in [1.82, 2.24) is 10.2 Å². The number of hydrogen-bond acceptors (Lipinski definition) is 5. The number of nitrogens with one attached hydrogen (secondary N) is 1. The molecule has 0 radical (unpaired) electrons. The number of benzene rings is 1. The average Bonchev–Trinajstić information content (AvgIpc) is 2.84.